The average Bonchev–Trinajstić information content (AvgIpc) is 2.42. The number of hydrogen-bond donors (Lipinski definition) is 4. The van der Waals surface area contributed by atoms with Gasteiger partial charge in [-0.25, -0.2) is 0 Å². The zero-order valence-electron chi connectivity index (χ0n) is 12.9. The number of carbonyl (C=O) groups is 4. The van der Waals surface area contributed by atoms with Crippen molar-refractivity contribution in [1.82, 2.24) is 0 Å². The highest BCUT2D eigenvalue weighted by atomic mass is 16.4. The van der Waals surface area contributed by atoms with Crippen molar-refractivity contribution in [1.29, 1.82) is 0 Å². The van der Waals surface area contributed by atoms with Gasteiger partial charge in [0.2, 0.25) is 0 Å². The molecule has 0 saturated heterocycles. The van der Waals surface area contributed by atoms with E-state index in [1.165, 1.54) is 0 Å². The third kappa shape index (κ3) is 10.3. The maximum atomic E-state index is 11.3. The van der Waals surface area contributed by atoms with Gasteiger partial charge in [0.1, 0.15) is 0 Å². The van der Waals surface area contributed by atoms with Gasteiger partial charge in [-0.2, -0.15) is 0 Å². The molecule has 0 aliphatic rings. The molecule has 23 heavy (non-hydrogen) atoms. The van der Waals surface area contributed by atoms with Crippen molar-refractivity contribution < 1.29 is 39.6 Å². The predicted octanol–water partition coefficient (Wildman–Crippen LogP) is 2.07. The van der Waals surface area contributed by atoms with Gasteiger partial charge < -0.3 is 20.4 Å². The highest BCUT2D eigenvalue weighted by molar-refractivity contribution is 5.80. The standard InChI is InChI=1S/C15H24O8/c16-12(17)8-4-2-1-3-6-10(14(20)21)11(15(22)23)7-5-9-13(18)19/h10-11H,1-9H2,(H,16,17)(H,18,19)(H,20,21)(H,22,23). The van der Waals surface area contributed by atoms with Gasteiger partial charge in [0.15, 0.2) is 0 Å². The molecule has 8 heteroatoms. The number of aliphatic carboxylic acids is 4. The molecule has 0 amide bonds. The van der Waals surface area contributed by atoms with Gasteiger partial charge in [-0.15, -0.1) is 0 Å². The molecule has 0 aliphatic heterocycles. The molecule has 132 valence electrons. The van der Waals surface area contributed by atoms with Crippen LogP contribution in [0.4, 0.5) is 0 Å². The predicted molar refractivity (Wildman–Crippen MR) is 79.1 cm³/mol. The second-order valence-corrected chi connectivity index (χ2v) is 5.52. The quantitative estimate of drug-likeness (QED) is 0.353. The van der Waals surface area contributed by atoms with Crippen LogP contribution in [0.15, 0.2) is 0 Å². The van der Waals surface area contributed by atoms with Gasteiger partial charge in [0, 0.05) is 12.8 Å². The monoisotopic (exact) mass is 332 g/mol. The van der Waals surface area contributed by atoms with Crippen LogP contribution in [-0.2, 0) is 19.2 Å². The van der Waals surface area contributed by atoms with E-state index >= 15 is 0 Å². The average molecular weight is 332 g/mol. The maximum absolute atomic E-state index is 11.3. The van der Waals surface area contributed by atoms with E-state index in [1.54, 1.807) is 0 Å². The summed E-state index contributed by atoms with van der Waals surface area (Å²) in [6.45, 7) is 0. The molecule has 2 unspecified atom stereocenters. The van der Waals surface area contributed by atoms with Crippen molar-refractivity contribution in [2.75, 3.05) is 0 Å². The lowest BCUT2D eigenvalue weighted by Crippen LogP contribution is -2.30. The summed E-state index contributed by atoms with van der Waals surface area (Å²) in [5.74, 6) is -6.50. The van der Waals surface area contributed by atoms with Gasteiger partial charge in [0.05, 0.1) is 11.8 Å². The third-order valence-electron chi connectivity index (χ3n) is 3.68. The molecule has 8 nitrogen and oxygen atoms in total. The minimum absolute atomic E-state index is 0.0115. The highest BCUT2D eigenvalue weighted by Crippen LogP contribution is 2.25. The van der Waals surface area contributed by atoms with Crippen LogP contribution < -0.4 is 0 Å². The molecule has 0 spiro atoms. The number of carboxylic acid groups (broad SMARTS) is 4. The first kappa shape index (κ1) is 20.9. The molecule has 2 atom stereocenters. The van der Waals surface area contributed by atoms with Crippen molar-refractivity contribution in [3.05, 3.63) is 0 Å². The largest absolute Gasteiger partial charge is 0.481 e. The normalized spacial score (nSPS) is 13.2. The van der Waals surface area contributed by atoms with Crippen LogP contribution in [0.3, 0.4) is 0 Å². The Hall–Kier alpha value is -2.12. The van der Waals surface area contributed by atoms with Crippen LogP contribution in [0.1, 0.15) is 57.8 Å². The van der Waals surface area contributed by atoms with Crippen molar-refractivity contribution >= 4 is 23.9 Å². The number of rotatable bonds is 14. The fraction of sp³-hybridized carbons (Fsp3) is 0.733. The lowest BCUT2D eigenvalue weighted by atomic mass is 9.84. The Labute approximate surface area is 134 Å². The SMILES string of the molecule is O=C(O)CCCCCCC(C(=O)O)C(CCCC(=O)O)C(=O)O. The molecule has 0 aromatic heterocycles. The fourth-order valence-electron chi connectivity index (χ4n) is 2.46. The summed E-state index contributed by atoms with van der Waals surface area (Å²) in [5.41, 5.74) is 0. The maximum Gasteiger partial charge on any atom is 0.307 e. The summed E-state index contributed by atoms with van der Waals surface area (Å²) in [6, 6.07) is 0. The topological polar surface area (TPSA) is 149 Å². The number of unbranched alkanes of at least 4 members (excludes halogenated alkanes) is 3. The van der Waals surface area contributed by atoms with Crippen LogP contribution in [-0.4, -0.2) is 44.3 Å². The van der Waals surface area contributed by atoms with Crippen LogP contribution in [0.2, 0.25) is 0 Å². The van der Waals surface area contributed by atoms with E-state index in [-0.39, 0.29) is 32.1 Å². The Bertz CT molecular complexity index is 418. The molecule has 0 heterocycles. The Kier molecular flexibility index (Phi) is 10.4. The molecule has 4 N–H and O–H groups in total. The second kappa shape index (κ2) is 11.4. The molecule has 0 aromatic carbocycles. The first-order chi connectivity index (χ1) is 10.8. The Morgan fingerprint density at radius 1 is 0.565 bits per heavy atom. The number of carboxylic acids is 4. The van der Waals surface area contributed by atoms with Crippen molar-refractivity contribution in [2.45, 2.75) is 57.8 Å². The lowest BCUT2D eigenvalue weighted by molar-refractivity contribution is -0.154. The Balaban J connectivity index is 4.36. The third-order valence-corrected chi connectivity index (χ3v) is 3.68. The van der Waals surface area contributed by atoms with E-state index < -0.39 is 35.7 Å². The van der Waals surface area contributed by atoms with Gasteiger partial charge in [-0.05, 0) is 25.7 Å². The summed E-state index contributed by atoms with van der Waals surface area (Å²) in [6.07, 6.45) is 2.49. The Morgan fingerprint density at radius 3 is 1.39 bits per heavy atom. The fourth-order valence-corrected chi connectivity index (χ4v) is 2.46. The molecule has 0 bridgehead atoms. The first-order valence-corrected chi connectivity index (χ1v) is 7.65. The molecule has 0 rings (SSSR count). The second-order valence-electron chi connectivity index (χ2n) is 5.52. The summed E-state index contributed by atoms with van der Waals surface area (Å²) in [4.78, 5) is 43.4. The van der Waals surface area contributed by atoms with Crippen LogP contribution in [0.25, 0.3) is 0 Å². The molecule has 0 aromatic rings. The van der Waals surface area contributed by atoms with E-state index in [9.17, 15) is 29.4 Å². The molecule has 0 aliphatic carbocycles. The molecule has 0 saturated carbocycles. The van der Waals surface area contributed by atoms with E-state index in [2.05, 4.69) is 0 Å². The zero-order chi connectivity index (χ0) is 17.8. The van der Waals surface area contributed by atoms with Gasteiger partial charge in [0.25, 0.3) is 0 Å². The molecular weight excluding hydrogens is 308 g/mol. The summed E-state index contributed by atoms with van der Waals surface area (Å²) < 4.78 is 0. The van der Waals surface area contributed by atoms with Gasteiger partial charge in [-0.1, -0.05) is 19.3 Å². The zero-order valence-corrected chi connectivity index (χ0v) is 12.9. The van der Waals surface area contributed by atoms with Gasteiger partial charge >= 0.3 is 23.9 Å². The van der Waals surface area contributed by atoms with E-state index in [4.69, 9.17) is 10.2 Å². The first-order valence-electron chi connectivity index (χ1n) is 7.65. The van der Waals surface area contributed by atoms with Gasteiger partial charge in [-0.3, -0.25) is 19.2 Å². The minimum Gasteiger partial charge on any atom is -0.481 e. The van der Waals surface area contributed by atoms with E-state index in [1.807, 2.05) is 0 Å². The van der Waals surface area contributed by atoms with Crippen LogP contribution >= 0.6 is 0 Å². The van der Waals surface area contributed by atoms with Crippen molar-refractivity contribution in [2.24, 2.45) is 11.8 Å². The lowest BCUT2D eigenvalue weighted by Gasteiger charge is -2.20. The summed E-state index contributed by atoms with van der Waals surface area (Å²) in [7, 11) is 0. The minimum atomic E-state index is -1.23. The highest BCUT2D eigenvalue weighted by Gasteiger charge is 2.32. The molecular formula is C15H24O8. The summed E-state index contributed by atoms with van der Waals surface area (Å²) >= 11 is 0. The van der Waals surface area contributed by atoms with E-state index in [0.717, 1.165) is 0 Å². The van der Waals surface area contributed by atoms with Crippen molar-refractivity contribution in [3.8, 4) is 0 Å². The van der Waals surface area contributed by atoms with E-state index in [0.29, 0.717) is 25.7 Å². The van der Waals surface area contributed by atoms with Crippen LogP contribution in [0.5, 0.6) is 0 Å². The smallest absolute Gasteiger partial charge is 0.307 e. The summed E-state index contributed by atoms with van der Waals surface area (Å²) in [5, 5.41) is 35.5. The Morgan fingerprint density at radius 2 is 0.957 bits per heavy atom. The molecule has 0 fully saturated rings. The van der Waals surface area contributed by atoms with Crippen molar-refractivity contribution in [3.63, 3.8) is 0 Å². The van der Waals surface area contributed by atoms with Crippen LogP contribution in [0, 0.1) is 11.8 Å². The molecule has 0 radical (unpaired) electrons. The number of hydrogen-bond acceptors (Lipinski definition) is 4.